The monoisotopic (exact) mass is 338 g/mol. The van der Waals surface area contributed by atoms with Crippen LogP contribution in [0.25, 0.3) is 0 Å². The number of hydrogen-bond acceptors (Lipinski definition) is 3. The lowest BCUT2D eigenvalue weighted by Gasteiger charge is -2.11. The van der Waals surface area contributed by atoms with E-state index in [4.69, 9.17) is 4.74 Å². The maximum Gasteiger partial charge on any atom is 0.416 e. The Hall–Kier alpha value is -2.70. The standard InChI is InChI=1S/C17H17F3N2O2/c1-2-24-15-8-6-13(7-9-15)21-11-16(23)22-14-5-3-4-12(10-14)17(18,19)20/h3-10,21H,2,11H2,1H3,(H,22,23). The predicted octanol–water partition coefficient (Wildman–Crippen LogP) is 4.15. The minimum atomic E-state index is -4.44. The van der Waals surface area contributed by atoms with E-state index >= 15 is 0 Å². The Kier molecular flexibility index (Phi) is 5.68. The van der Waals surface area contributed by atoms with E-state index in [1.807, 2.05) is 6.92 Å². The van der Waals surface area contributed by atoms with Crippen LogP contribution in [0, 0.1) is 0 Å². The number of benzene rings is 2. The third-order valence-electron chi connectivity index (χ3n) is 3.09. The molecule has 0 unspecified atom stereocenters. The van der Waals surface area contributed by atoms with Gasteiger partial charge in [-0.3, -0.25) is 4.79 Å². The molecule has 2 rings (SSSR count). The molecule has 0 bridgehead atoms. The number of halogens is 3. The molecule has 24 heavy (non-hydrogen) atoms. The van der Waals surface area contributed by atoms with Crippen LogP contribution < -0.4 is 15.4 Å². The quantitative estimate of drug-likeness (QED) is 0.832. The molecule has 0 saturated heterocycles. The Morgan fingerprint density at radius 2 is 1.79 bits per heavy atom. The number of nitrogens with one attached hydrogen (secondary N) is 2. The average molecular weight is 338 g/mol. The topological polar surface area (TPSA) is 50.4 Å². The van der Waals surface area contributed by atoms with E-state index in [1.54, 1.807) is 24.3 Å². The fraction of sp³-hybridized carbons (Fsp3) is 0.235. The number of ether oxygens (including phenoxy) is 1. The second-order valence-electron chi connectivity index (χ2n) is 4.94. The molecule has 7 heteroatoms. The summed E-state index contributed by atoms with van der Waals surface area (Å²) in [6.07, 6.45) is -4.44. The summed E-state index contributed by atoms with van der Waals surface area (Å²) in [7, 11) is 0. The molecule has 0 atom stereocenters. The van der Waals surface area contributed by atoms with Crippen LogP contribution in [-0.2, 0) is 11.0 Å². The molecule has 0 aliphatic heterocycles. The first-order chi connectivity index (χ1) is 11.4. The van der Waals surface area contributed by atoms with Gasteiger partial charge in [-0.2, -0.15) is 13.2 Å². The second kappa shape index (κ2) is 7.72. The predicted molar refractivity (Wildman–Crippen MR) is 86.2 cm³/mol. The number of carbonyl (C=O) groups is 1. The van der Waals surface area contributed by atoms with Crippen molar-refractivity contribution in [2.24, 2.45) is 0 Å². The number of anilines is 2. The van der Waals surface area contributed by atoms with Gasteiger partial charge in [0.25, 0.3) is 0 Å². The number of rotatable bonds is 6. The lowest BCUT2D eigenvalue weighted by molar-refractivity contribution is -0.137. The smallest absolute Gasteiger partial charge is 0.416 e. The van der Waals surface area contributed by atoms with E-state index < -0.39 is 17.6 Å². The third kappa shape index (κ3) is 5.19. The van der Waals surface area contributed by atoms with E-state index in [-0.39, 0.29) is 12.2 Å². The summed E-state index contributed by atoms with van der Waals surface area (Å²) in [5.74, 6) is 0.277. The Morgan fingerprint density at radius 1 is 1.08 bits per heavy atom. The van der Waals surface area contributed by atoms with Crippen molar-refractivity contribution >= 4 is 17.3 Å². The van der Waals surface area contributed by atoms with E-state index in [0.717, 1.165) is 17.9 Å². The van der Waals surface area contributed by atoms with Crippen LogP contribution >= 0.6 is 0 Å². The highest BCUT2D eigenvalue weighted by molar-refractivity contribution is 5.93. The SMILES string of the molecule is CCOc1ccc(NCC(=O)Nc2cccc(C(F)(F)F)c2)cc1. The molecule has 0 heterocycles. The van der Waals surface area contributed by atoms with Crippen molar-refractivity contribution in [3.8, 4) is 5.75 Å². The van der Waals surface area contributed by atoms with Crippen molar-refractivity contribution in [1.82, 2.24) is 0 Å². The van der Waals surface area contributed by atoms with Gasteiger partial charge in [0.15, 0.2) is 0 Å². The number of hydrogen-bond donors (Lipinski definition) is 2. The third-order valence-corrected chi connectivity index (χ3v) is 3.09. The van der Waals surface area contributed by atoms with Crippen molar-refractivity contribution in [1.29, 1.82) is 0 Å². The molecule has 0 aliphatic carbocycles. The zero-order valence-corrected chi connectivity index (χ0v) is 13.0. The van der Waals surface area contributed by atoms with E-state index in [1.165, 1.54) is 12.1 Å². The molecule has 2 N–H and O–H groups in total. The first-order valence-corrected chi connectivity index (χ1v) is 7.32. The highest BCUT2D eigenvalue weighted by atomic mass is 19.4. The molecule has 0 aliphatic rings. The van der Waals surface area contributed by atoms with Crippen LogP contribution in [0.3, 0.4) is 0 Å². The minimum absolute atomic E-state index is 0.0653. The molecular weight excluding hydrogens is 321 g/mol. The summed E-state index contributed by atoms with van der Waals surface area (Å²) in [5.41, 5.74) is 0.000682. The summed E-state index contributed by atoms with van der Waals surface area (Å²) >= 11 is 0. The van der Waals surface area contributed by atoms with Crippen LogP contribution in [0.2, 0.25) is 0 Å². The fourth-order valence-electron chi connectivity index (χ4n) is 2.00. The highest BCUT2D eigenvalue weighted by Gasteiger charge is 2.30. The number of amides is 1. The Bertz CT molecular complexity index is 685. The van der Waals surface area contributed by atoms with Crippen molar-refractivity contribution in [2.75, 3.05) is 23.8 Å². The van der Waals surface area contributed by atoms with Crippen molar-refractivity contribution < 1.29 is 22.7 Å². The molecule has 2 aromatic rings. The van der Waals surface area contributed by atoms with Gasteiger partial charge in [0.05, 0.1) is 18.7 Å². The number of carbonyl (C=O) groups excluding carboxylic acids is 1. The van der Waals surface area contributed by atoms with Crippen LogP contribution in [0.4, 0.5) is 24.5 Å². The first-order valence-electron chi connectivity index (χ1n) is 7.32. The molecular formula is C17H17F3N2O2. The lowest BCUT2D eigenvalue weighted by atomic mass is 10.2. The summed E-state index contributed by atoms with van der Waals surface area (Å²) < 4.78 is 43.2. The molecule has 0 radical (unpaired) electrons. The highest BCUT2D eigenvalue weighted by Crippen LogP contribution is 2.30. The molecule has 0 aromatic heterocycles. The van der Waals surface area contributed by atoms with Crippen LogP contribution in [0.15, 0.2) is 48.5 Å². The van der Waals surface area contributed by atoms with E-state index in [2.05, 4.69) is 10.6 Å². The van der Waals surface area contributed by atoms with Crippen LogP contribution in [0.1, 0.15) is 12.5 Å². The van der Waals surface area contributed by atoms with Crippen molar-refractivity contribution in [3.63, 3.8) is 0 Å². The van der Waals surface area contributed by atoms with Crippen molar-refractivity contribution in [3.05, 3.63) is 54.1 Å². The minimum Gasteiger partial charge on any atom is -0.494 e. The van der Waals surface area contributed by atoms with Crippen molar-refractivity contribution in [2.45, 2.75) is 13.1 Å². The maximum atomic E-state index is 12.6. The second-order valence-corrected chi connectivity index (χ2v) is 4.94. The first kappa shape index (κ1) is 17.7. The molecule has 0 spiro atoms. The van der Waals surface area contributed by atoms with Crippen LogP contribution in [0.5, 0.6) is 5.75 Å². The van der Waals surface area contributed by atoms with Crippen LogP contribution in [-0.4, -0.2) is 19.1 Å². The molecule has 1 amide bonds. The summed E-state index contributed by atoms with van der Waals surface area (Å²) in [6, 6.07) is 11.5. The summed E-state index contributed by atoms with van der Waals surface area (Å²) in [5, 5.41) is 5.32. The molecule has 4 nitrogen and oxygen atoms in total. The average Bonchev–Trinajstić information content (AvgIpc) is 2.54. The number of alkyl halides is 3. The van der Waals surface area contributed by atoms with Gasteiger partial charge in [-0.1, -0.05) is 6.07 Å². The zero-order chi connectivity index (χ0) is 17.6. The normalized spacial score (nSPS) is 11.0. The van der Waals surface area contributed by atoms with Gasteiger partial charge >= 0.3 is 6.18 Å². The zero-order valence-electron chi connectivity index (χ0n) is 13.0. The Labute approximate surface area is 137 Å². The van der Waals surface area contributed by atoms with Gasteiger partial charge in [-0.15, -0.1) is 0 Å². The largest absolute Gasteiger partial charge is 0.494 e. The van der Waals surface area contributed by atoms with Gasteiger partial charge in [-0.25, -0.2) is 0 Å². The van der Waals surface area contributed by atoms with Gasteiger partial charge < -0.3 is 15.4 Å². The van der Waals surface area contributed by atoms with E-state index in [9.17, 15) is 18.0 Å². The van der Waals surface area contributed by atoms with Gasteiger partial charge in [-0.05, 0) is 49.4 Å². The molecule has 0 saturated carbocycles. The van der Waals surface area contributed by atoms with E-state index in [0.29, 0.717) is 12.3 Å². The van der Waals surface area contributed by atoms with Gasteiger partial charge in [0.1, 0.15) is 5.75 Å². The van der Waals surface area contributed by atoms with Gasteiger partial charge in [0, 0.05) is 11.4 Å². The fourth-order valence-corrected chi connectivity index (χ4v) is 2.00. The summed E-state index contributed by atoms with van der Waals surface area (Å²) in [4.78, 5) is 11.8. The Morgan fingerprint density at radius 3 is 2.42 bits per heavy atom. The molecule has 128 valence electrons. The Balaban J connectivity index is 1.89. The lowest BCUT2D eigenvalue weighted by Crippen LogP contribution is -2.22. The summed E-state index contributed by atoms with van der Waals surface area (Å²) in [6.45, 7) is 2.38. The van der Waals surface area contributed by atoms with Gasteiger partial charge in [0.2, 0.25) is 5.91 Å². The molecule has 0 fully saturated rings. The maximum absolute atomic E-state index is 12.6. The molecule has 2 aromatic carbocycles.